The van der Waals surface area contributed by atoms with Crippen LogP contribution in [0.4, 0.5) is 30.2 Å². The lowest BCUT2D eigenvalue weighted by Crippen LogP contribution is -2.15. The summed E-state index contributed by atoms with van der Waals surface area (Å²) in [6, 6.07) is 18.0. The molecule has 1 heterocycles. The molecule has 4 aromatic rings. The van der Waals surface area contributed by atoms with Gasteiger partial charge in [-0.1, -0.05) is 30.3 Å². The van der Waals surface area contributed by atoms with Crippen LogP contribution in [-0.4, -0.2) is 18.0 Å². The van der Waals surface area contributed by atoms with Crippen molar-refractivity contribution in [2.24, 2.45) is 0 Å². The van der Waals surface area contributed by atoms with Crippen LogP contribution in [0.5, 0.6) is 5.75 Å². The van der Waals surface area contributed by atoms with Gasteiger partial charge in [0.05, 0.1) is 36.0 Å². The molecule has 0 spiro atoms. The van der Waals surface area contributed by atoms with Crippen molar-refractivity contribution in [3.8, 4) is 5.75 Å². The molecule has 0 bridgehead atoms. The van der Waals surface area contributed by atoms with Crippen LogP contribution in [0.1, 0.15) is 35.2 Å². The molecular formula is C29H26F3N3O2. The average Bonchev–Trinajstić information content (AvgIpc) is 2.88. The highest BCUT2D eigenvalue weighted by molar-refractivity contribution is 6.00. The van der Waals surface area contributed by atoms with Crippen LogP contribution in [-0.2, 0) is 30.2 Å². The van der Waals surface area contributed by atoms with Crippen molar-refractivity contribution in [1.29, 1.82) is 0 Å². The van der Waals surface area contributed by atoms with E-state index in [4.69, 9.17) is 9.72 Å². The van der Waals surface area contributed by atoms with E-state index in [9.17, 15) is 18.0 Å². The minimum atomic E-state index is -4.46. The van der Waals surface area contributed by atoms with Gasteiger partial charge in [-0.3, -0.25) is 9.78 Å². The Balaban J connectivity index is 1.47. The molecule has 0 unspecified atom stereocenters. The number of aryl methyl sites for hydroxylation is 1. The molecule has 5 rings (SSSR count). The number of pyridine rings is 1. The Bertz CT molecular complexity index is 1470. The first-order chi connectivity index (χ1) is 17.8. The highest BCUT2D eigenvalue weighted by Gasteiger charge is 2.30. The van der Waals surface area contributed by atoms with Crippen molar-refractivity contribution in [2.75, 3.05) is 17.7 Å². The van der Waals surface area contributed by atoms with Gasteiger partial charge in [0.2, 0.25) is 5.91 Å². The van der Waals surface area contributed by atoms with Crippen molar-refractivity contribution in [3.05, 3.63) is 89.1 Å². The lowest BCUT2D eigenvalue weighted by atomic mass is 9.92. The smallest absolute Gasteiger partial charge is 0.416 e. The van der Waals surface area contributed by atoms with Crippen molar-refractivity contribution >= 4 is 33.9 Å². The van der Waals surface area contributed by atoms with Crippen molar-refractivity contribution < 1.29 is 22.7 Å². The molecule has 0 saturated heterocycles. The molecule has 190 valence electrons. The molecule has 0 fully saturated rings. The maximum absolute atomic E-state index is 13.0. The standard InChI is InChI=1S/C29H26F3N3O2/c1-37-26-12-5-4-11-25(26)35-28-21-9-2-3-10-23(21)34-24-14-13-20(17-22(24)28)33-27(36)16-18-7-6-8-19(15-18)29(30,31)32/h4-8,11-15,17H,2-3,9-10,16H2,1H3,(H,33,36)(H,34,35). The molecule has 1 aromatic heterocycles. The summed E-state index contributed by atoms with van der Waals surface area (Å²) in [5.41, 5.74) is 4.84. The van der Waals surface area contributed by atoms with Gasteiger partial charge in [-0.05, 0) is 73.2 Å². The lowest BCUT2D eigenvalue weighted by Gasteiger charge is -2.23. The molecule has 5 nitrogen and oxygen atoms in total. The zero-order valence-electron chi connectivity index (χ0n) is 20.3. The molecule has 37 heavy (non-hydrogen) atoms. The summed E-state index contributed by atoms with van der Waals surface area (Å²) in [6.07, 6.45) is -0.681. The number of ether oxygens (including phenoxy) is 1. The predicted molar refractivity (Wildman–Crippen MR) is 138 cm³/mol. The van der Waals surface area contributed by atoms with Crippen LogP contribution in [0.15, 0.2) is 66.7 Å². The number of carbonyl (C=O) groups is 1. The number of carbonyl (C=O) groups excluding carboxylic acids is 1. The Hall–Kier alpha value is -4.07. The minimum Gasteiger partial charge on any atom is -0.495 e. The number of rotatable bonds is 6. The topological polar surface area (TPSA) is 63.2 Å². The quantitative estimate of drug-likeness (QED) is 0.294. The highest BCUT2D eigenvalue weighted by Crippen LogP contribution is 2.38. The van der Waals surface area contributed by atoms with Gasteiger partial charge in [0.1, 0.15) is 5.75 Å². The van der Waals surface area contributed by atoms with E-state index in [0.29, 0.717) is 17.0 Å². The number of methoxy groups -OCH3 is 1. The molecular weight excluding hydrogens is 479 g/mol. The number of benzene rings is 3. The van der Waals surface area contributed by atoms with E-state index < -0.39 is 17.6 Å². The van der Waals surface area contributed by atoms with E-state index in [1.165, 1.54) is 12.1 Å². The Morgan fingerprint density at radius 2 is 1.81 bits per heavy atom. The zero-order valence-corrected chi connectivity index (χ0v) is 20.3. The molecule has 1 aliphatic carbocycles. The number of aromatic nitrogens is 1. The molecule has 0 saturated carbocycles. The fraction of sp³-hybridized carbons (Fsp3) is 0.241. The second-order valence-electron chi connectivity index (χ2n) is 9.10. The SMILES string of the molecule is COc1ccccc1Nc1c2c(nc3ccc(NC(=O)Cc4cccc(C(F)(F)F)c4)cc13)CCCC2. The zero-order chi connectivity index (χ0) is 26.0. The number of amides is 1. The summed E-state index contributed by atoms with van der Waals surface area (Å²) >= 11 is 0. The Morgan fingerprint density at radius 1 is 1.00 bits per heavy atom. The average molecular weight is 506 g/mol. The fourth-order valence-corrected chi connectivity index (χ4v) is 4.78. The van der Waals surface area contributed by atoms with Gasteiger partial charge in [-0.25, -0.2) is 0 Å². The normalized spacial score (nSPS) is 13.2. The van der Waals surface area contributed by atoms with Gasteiger partial charge in [-0.15, -0.1) is 0 Å². The van der Waals surface area contributed by atoms with Crippen molar-refractivity contribution in [2.45, 2.75) is 38.3 Å². The molecule has 0 aliphatic heterocycles. The summed E-state index contributed by atoms with van der Waals surface area (Å²) < 4.78 is 44.7. The van der Waals surface area contributed by atoms with Gasteiger partial charge >= 0.3 is 6.18 Å². The third kappa shape index (κ3) is 5.38. The predicted octanol–water partition coefficient (Wildman–Crippen LogP) is 7.07. The number of nitrogens with one attached hydrogen (secondary N) is 2. The van der Waals surface area contributed by atoms with E-state index in [-0.39, 0.29) is 6.42 Å². The number of nitrogens with zero attached hydrogens (tertiary/aromatic N) is 1. The largest absolute Gasteiger partial charge is 0.495 e. The summed E-state index contributed by atoms with van der Waals surface area (Å²) in [5, 5.41) is 7.24. The second-order valence-corrected chi connectivity index (χ2v) is 9.10. The minimum absolute atomic E-state index is 0.170. The van der Waals surface area contributed by atoms with E-state index in [2.05, 4.69) is 10.6 Å². The number of anilines is 3. The van der Waals surface area contributed by atoms with Crippen LogP contribution < -0.4 is 15.4 Å². The van der Waals surface area contributed by atoms with Gasteiger partial charge < -0.3 is 15.4 Å². The van der Waals surface area contributed by atoms with E-state index in [0.717, 1.165) is 71.4 Å². The number of hydrogen-bond acceptors (Lipinski definition) is 4. The van der Waals surface area contributed by atoms with Gasteiger partial charge in [0, 0.05) is 16.8 Å². The van der Waals surface area contributed by atoms with E-state index >= 15 is 0 Å². The van der Waals surface area contributed by atoms with E-state index in [1.807, 2.05) is 36.4 Å². The molecule has 2 N–H and O–H groups in total. The van der Waals surface area contributed by atoms with Gasteiger partial charge in [0.25, 0.3) is 0 Å². The first kappa shape index (κ1) is 24.6. The third-order valence-corrected chi connectivity index (χ3v) is 6.53. The number of halogens is 3. The Labute approximate surface area is 212 Å². The number of alkyl halides is 3. The first-order valence-electron chi connectivity index (χ1n) is 12.1. The number of para-hydroxylation sites is 2. The Morgan fingerprint density at radius 3 is 2.62 bits per heavy atom. The van der Waals surface area contributed by atoms with Crippen LogP contribution in [0.2, 0.25) is 0 Å². The third-order valence-electron chi connectivity index (χ3n) is 6.53. The van der Waals surface area contributed by atoms with Crippen molar-refractivity contribution in [3.63, 3.8) is 0 Å². The molecule has 3 aromatic carbocycles. The number of hydrogen-bond donors (Lipinski definition) is 2. The number of fused-ring (bicyclic) bond motifs is 2. The van der Waals surface area contributed by atoms with Crippen LogP contribution in [0, 0.1) is 0 Å². The monoisotopic (exact) mass is 505 g/mol. The van der Waals surface area contributed by atoms with Crippen LogP contribution in [0.3, 0.4) is 0 Å². The summed E-state index contributed by atoms with van der Waals surface area (Å²) in [4.78, 5) is 17.6. The molecule has 0 atom stereocenters. The molecule has 0 radical (unpaired) electrons. The molecule has 8 heteroatoms. The fourth-order valence-electron chi connectivity index (χ4n) is 4.78. The Kier molecular flexibility index (Phi) is 6.74. The maximum atomic E-state index is 13.0. The van der Waals surface area contributed by atoms with Gasteiger partial charge in [0.15, 0.2) is 0 Å². The summed E-state index contributed by atoms with van der Waals surface area (Å²) in [7, 11) is 1.62. The van der Waals surface area contributed by atoms with Crippen molar-refractivity contribution in [1.82, 2.24) is 4.98 Å². The highest BCUT2D eigenvalue weighted by atomic mass is 19.4. The molecule has 1 amide bonds. The van der Waals surface area contributed by atoms with Crippen LogP contribution in [0.25, 0.3) is 10.9 Å². The molecule has 1 aliphatic rings. The summed E-state index contributed by atoms with van der Waals surface area (Å²) in [5.74, 6) is 0.311. The van der Waals surface area contributed by atoms with E-state index in [1.54, 1.807) is 13.2 Å². The first-order valence-corrected chi connectivity index (χ1v) is 12.1. The summed E-state index contributed by atoms with van der Waals surface area (Å²) in [6.45, 7) is 0. The second kappa shape index (κ2) is 10.1. The maximum Gasteiger partial charge on any atom is 0.416 e. The lowest BCUT2D eigenvalue weighted by molar-refractivity contribution is -0.137. The van der Waals surface area contributed by atoms with Crippen LogP contribution >= 0.6 is 0 Å². The van der Waals surface area contributed by atoms with Gasteiger partial charge in [-0.2, -0.15) is 13.2 Å².